The molecule has 0 saturated heterocycles. The molecule has 0 aliphatic carbocycles. The van der Waals surface area contributed by atoms with Gasteiger partial charge in [-0.2, -0.15) is 0 Å². The van der Waals surface area contributed by atoms with Gasteiger partial charge in [-0.3, -0.25) is 0 Å². The van der Waals surface area contributed by atoms with Gasteiger partial charge in [-0.1, -0.05) is 107 Å². The van der Waals surface area contributed by atoms with Crippen molar-refractivity contribution in [2.75, 3.05) is 39.6 Å². The second-order valence-corrected chi connectivity index (χ2v) is 18.9. The van der Waals surface area contributed by atoms with Gasteiger partial charge in [0, 0.05) is 39.6 Å². The third-order valence-electron chi connectivity index (χ3n) is 7.03. The Hall–Kier alpha value is 0.544. The largest absolute Gasteiger partial charge is 0.514 e. The van der Waals surface area contributed by atoms with Gasteiger partial charge in [-0.15, -0.1) is 11.8 Å². The van der Waals surface area contributed by atoms with E-state index < -0.39 is 17.6 Å². The predicted molar refractivity (Wildman–Crippen MR) is 182 cm³/mol. The van der Waals surface area contributed by atoms with E-state index in [9.17, 15) is 0 Å². The van der Waals surface area contributed by atoms with Crippen molar-refractivity contribution >= 4 is 29.4 Å². The van der Waals surface area contributed by atoms with Gasteiger partial charge in [0.25, 0.3) is 0 Å². The summed E-state index contributed by atoms with van der Waals surface area (Å²) in [6, 6.07) is 0. The Morgan fingerprint density at radius 2 is 0.585 bits per heavy atom. The highest BCUT2D eigenvalue weighted by Crippen LogP contribution is 2.39. The molecular formula is C32H70O6SSi2. The van der Waals surface area contributed by atoms with Gasteiger partial charge in [-0.05, 0) is 51.4 Å². The molecule has 0 fully saturated rings. The van der Waals surface area contributed by atoms with Gasteiger partial charge < -0.3 is 26.6 Å². The first kappa shape index (κ1) is 41.5. The Morgan fingerprint density at radius 3 is 0.756 bits per heavy atom. The lowest BCUT2D eigenvalue weighted by Gasteiger charge is -2.41. The molecule has 0 rings (SSSR count). The van der Waals surface area contributed by atoms with Gasteiger partial charge >= 0.3 is 17.6 Å². The van der Waals surface area contributed by atoms with E-state index in [0.29, 0.717) is 39.6 Å². The van der Waals surface area contributed by atoms with E-state index in [2.05, 4.69) is 55.4 Å². The van der Waals surface area contributed by atoms with Crippen molar-refractivity contribution in [1.29, 1.82) is 0 Å². The van der Waals surface area contributed by atoms with Gasteiger partial charge in [0.2, 0.25) is 0 Å². The Kier molecular flexibility index (Phi) is 28.4. The maximum Gasteiger partial charge on any atom is 0.514 e. The quantitative estimate of drug-likeness (QED) is 0.0537. The lowest BCUT2D eigenvalue weighted by atomic mass is 10.4. The molecule has 0 bridgehead atoms. The topological polar surface area (TPSA) is 55.4 Å². The fourth-order valence-corrected chi connectivity index (χ4v) is 14.9. The second-order valence-electron chi connectivity index (χ2n) is 11.1. The van der Waals surface area contributed by atoms with Crippen LogP contribution in [0.2, 0.25) is 0 Å². The normalized spacial score (nSPS) is 14.0. The minimum absolute atomic E-state index is 0.126. The minimum atomic E-state index is -3.02. The second kappa shape index (κ2) is 28.0. The van der Waals surface area contributed by atoms with Crippen LogP contribution in [0.1, 0.15) is 158 Å². The smallest absolute Gasteiger partial charge is 0.373 e. The zero-order valence-corrected chi connectivity index (χ0v) is 31.4. The van der Waals surface area contributed by atoms with Crippen molar-refractivity contribution in [3.05, 3.63) is 0 Å². The molecule has 0 saturated carbocycles. The minimum Gasteiger partial charge on any atom is -0.373 e. The Labute approximate surface area is 262 Å². The van der Waals surface area contributed by atoms with Crippen LogP contribution in [0.5, 0.6) is 0 Å². The highest BCUT2D eigenvalue weighted by molar-refractivity contribution is 8.03. The van der Waals surface area contributed by atoms with E-state index in [0.717, 1.165) is 103 Å². The summed E-state index contributed by atoms with van der Waals surface area (Å²) < 4.78 is 41.0. The summed E-state index contributed by atoms with van der Waals surface area (Å²) >= 11 is 1.97. The van der Waals surface area contributed by atoms with Crippen molar-refractivity contribution in [2.45, 2.75) is 168 Å². The van der Waals surface area contributed by atoms with Crippen molar-refractivity contribution in [3.8, 4) is 0 Å². The highest BCUT2D eigenvalue weighted by atomic mass is 32.2. The number of hydrogen-bond acceptors (Lipinski definition) is 7. The van der Waals surface area contributed by atoms with E-state index in [4.69, 9.17) is 26.6 Å². The van der Waals surface area contributed by atoms with Crippen LogP contribution in [-0.4, -0.2) is 67.0 Å². The number of hydrogen-bond donors (Lipinski definition) is 0. The average Bonchev–Trinajstić information content (AvgIpc) is 2.97. The summed E-state index contributed by atoms with van der Waals surface area (Å²) in [6.45, 7) is 22.0. The first-order chi connectivity index (χ1) is 20.0. The van der Waals surface area contributed by atoms with Crippen LogP contribution in [0.4, 0.5) is 0 Å². The zero-order chi connectivity index (χ0) is 30.7. The van der Waals surface area contributed by atoms with Gasteiger partial charge in [0.1, 0.15) is 0 Å². The van der Waals surface area contributed by atoms with Crippen LogP contribution in [-0.2, 0) is 26.6 Å². The molecule has 9 heteroatoms. The SMILES string of the molecule is CCCCO[Si](OCCCC)(OCCCC)C(CCC)SC(CCC)[Si](OCCCC)(OCCCC)OCCCC. The fourth-order valence-electron chi connectivity index (χ4n) is 4.34. The van der Waals surface area contributed by atoms with E-state index >= 15 is 0 Å². The zero-order valence-electron chi connectivity index (χ0n) is 28.6. The molecule has 0 spiro atoms. The molecule has 0 aliphatic rings. The van der Waals surface area contributed by atoms with E-state index in [1.165, 1.54) is 0 Å². The molecule has 6 nitrogen and oxygen atoms in total. The molecule has 0 heterocycles. The van der Waals surface area contributed by atoms with Gasteiger partial charge in [-0.25, -0.2) is 0 Å². The first-order valence-electron chi connectivity index (χ1n) is 17.5. The summed E-state index contributed by atoms with van der Waals surface area (Å²) in [5, 5.41) is 0. The maximum absolute atomic E-state index is 6.83. The molecule has 0 radical (unpaired) electrons. The van der Waals surface area contributed by atoms with Gasteiger partial charge in [0.15, 0.2) is 0 Å². The molecule has 0 aromatic rings. The summed E-state index contributed by atoms with van der Waals surface area (Å²) in [5.41, 5.74) is 0. The molecule has 248 valence electrons. The van der Waals surface area contributed by atoms with E-state index in [1.807, 2.05) is 11.8 Å². The fraction of sp³-hybridized carbons (Fsp3) is 1.00. The summed E-state index contributed by atoms with van der Waals surface area (Å²) in [5.74, 6) is 0. The molecule has 2 atom stereocenters. The molecule has 0 aromatic heterocycles. The van der Waals surface area contributed by atoms with Gasteiger partial charge in [0.05, 0.1) is 9.75 Å². The highest BCUT2D eigenvalue weighted by Gasteiger charge is 2.56. The summed E-state index contributed by atoms with van der Waals surface area (Å²) in [6.07, 6.45) is 16.8. The number of unbranched alkanes of at least 4 members (excludes halogenated alkanes) is 6. The van der Waals surface area contributed by atoms with Crippen molar-refractivity contribution in [1.82, 2.24) is 0 Å². The molecule has 41 heavy (non-hydrogen) atoms. The standard InChI is InChI=1S/C32H70O6SSi2/c1-9-17-25-33-40(34-26-18-10-2,35-27-19-11-3)31(23-15-7)39-32(24-16-8)41(36-28-20-12-4,37-29-21-13-5)38-30-22-14-6/h31-32H,9-30H2,1-8H3. The summed E-state index contributed by atoms with van der Waals surface area (Å²) in [7, 11) is -6.05. The lowest BCUT2D eigenvalue weighted by molar-refractivity contribution is 0.0521. The molecule has 2 unspecified atom stereocenters. The number of rotatable bonds is 32. The Bertz CT molecular complexity index is 461. The molecule has 0 aromatic carbocycles. The maximum atomic E-state index is 6.83. The molecule has 0 aliphatic heterocycles. The first-order valence-corrected chi connectivity index (χ1v) is 22.0. The van der Waals surface area contributed by atoms with Crippen molar-refractivity contribution in [2.24, 2.45) is 0 Å². The number of thioether (sulfide) groups is 1. The van der Waals surface area contributed by atoms with Crippen LogP contribution < -0.4 is 0 Å². The predicted octanol–water partition coefficient (Wildman–Crippen LogP) is 9.91. The van der Waals surface area contributed by atoms with Crippen LogP contribution in [0.15, 0.2) is 0 Å². The molecule has 0 N–H and O–H groups in total. The van der Waals surface area contributed by atoms with E-state index in [1.54, 1.807) is 0 Å². The molecule has 0 amide bonds. The third kappa shape index (κ3) is 17.6. The molecular weight excluding hydrogens is 569 g/mol. The summed E-state index contributed by atoms with van der Waals surface area (Å²) in [4.78, 5) is 0.252. The van der Waals surface area contributed by atoms with Crippen LogP contribution in [0.25, 0.3) is 0 Å². The van der Waals surface area contributed by atoms with Crippen molar-refractivity contribution in [3.63, 3.8) is 0 Å². The Balaban J connectivity index is 6.63. The Morgan fingerprint density at radius 1 is 0.366 bits per heavy atom. The third-order valence-corrected chi connectivity index (χ3v) is 16.5. The van der Waals surface area contributed by atoms with Crippen molar-refractivity contribution < 1.29 is 26.6 Å². The van der Waals surface area contributed by atoms with Crippen LogP contribution >= 0.6 is 11.8 Å². The van der Waals surface area contributed by atoms with E-state index in [-0.39, 0.29) is 9.75 Å². The van der Waals surface area contributed by atoms with Crippen LogP contribution in [0.3, 0.4) is 0 Å². The average molecular weight is 639 g/mol. The lowest BCUT2D eigenvalue weighted by Crippen LogP contribution is -2.60. The monoisotopic (exact) mass is 638 g/mol. The van der Waals surface area contributed by atoms with Crippen LogP contribution in [0, 0.1) is 0 Å².